The third-order valence-electron chi connectivity index (χ3n) is 6.28. The molecule has 2 amide bonds. The molecule has 2 atom stereocenters. The molecular weight excluding hydrogens is 432 g/mol. The highest BCUT2D eigenvalue weighted by Gasteiger charge is 2.32. The van der Waals surface area contributed by atoms with Crippen LogP contribution in [0.2, 0.25) is 0 Å². The monoisotopic (exact) mass is 466 g/mol. The molecule has 1 fully saturated rings. The maximum Gasteiger partial charge on any atom is 0.319 e. The highest BCUT2D eigenvalue weighted by molar-refractivity contribution is 5.89. The fraction of sp³-hybridized carbons (Fsp3) is 0.520. The number of aromatic nitrogens is 2. The molecule has 0 bridgehead atoms. The van der Waals surface area contributed by atoms with E-state index in [2.05, 4.69) is 27.8 Å². The Morgan fingerprint density at radius 3 is 2.68 bits per heavy atom. The Morgan fingerprint density at radius 2 is 2.00 bits per heavy atom. The second-order valence-corrected chi connectivity index (χ2v) is 9.21. The molecule has 0 radical (unpaired) electrons. The summed E-state index contributed by atoms with van der Waals surface area (Å²) in [6, 6.07) is 7.43. The lowest BCUT2D eigenvalue weighted by Gasteiger charge is -2.37. The molecule has 9 heteroatoms. The van der Waals surface area contributed by atoms with E-state index in [1.165, 1.54) is 0 Å². The van der Waals surface area contributed by atoms with Crippen molar-refractivity contribution in [2.24, 2.45) is 11.8 Å². The van der Waals surface area contributed by atoms with Gasteiger partial charge in [-0.25, -0.2) is 14.8 Å². The van der Waals surface area contributed by atoms with Crippen molar-refractivity contribution in [3.8, 4) is 11.4 Å². The van der Waals surface area contributed by atoms with Gasteiger partial charge in [-0.2, -0.15) is 0 Å². The van der Waals surface area contributed by atoms with Crippen molar-refractivity contribution in [3.05, 3.63) is 30.0 Å². The van der Waals surface area contributed by atoms with Crippen molar-refractivity contribution in [1.82, 2.24) is 15.3 Å². The molecule has 0 spiro atoms. The predicted molar refractivity (Wildman–Crippen MR) is 133 cm³/mol. The van der Waals surface area contributed by atoms with Gasteiger partial charge in [0.2, 0.25) is 0 Å². The van der Waals surface area contributed by atoms with E-state index in [0.717, 1.165) is 29.3 Å². The number of rotatable bonds is 6. The van der Waals surface area contributed by atoms with Gasteiger partial charge in [0.1, 0.15) is 5.78 Å². The lowest BCUT2D eigenvalue weighted by Crippen LogP contribution is -2.45. The molecule has 2 aliphatic heterocycles. The van der Waals surface area contributed by atoms with Gasteiger partial charge in [-0.05, 0) is 38.1 Å². The van der Waals surface area contributed by atoms with Crippen LogP contribution in [0, 0.1) is 11.8 Å². The zero-order chi connectivity index (χ0) is 24.2. The number of morpholine rings is 1. The van der Waals surface area contributed by atoms with Gasteiger partial charge < -0.3 is 25.6 Å². The van der Waals surface area contributed by atoms with Crippen molar-refractivity contribution >= 4 is 29.0 Å². The number of carbonyl (C=O) groups excluding carboxylic acids is 2. The number of nitrogens with one attached hydrogen (secondary N) is 3. The molecule has 2 unspecified atom stereocenters. The summed E-state index contributed by atoms with van der Waals surface area (Å²) in [5.74, 6) is 1.60. The molecule has 4 rings (SSSR count). The van der Waals surface area contributed by atoms with Gasteiger partial charge in [0.15, 0.2) is 11.6 Å². The summed E-state index contributed by atoms with van der Waals surface area (Å²) in [5, 5.41) is 9.00. The summed E-state index contributed by atoms with van der Waals surface area (Å²) >= 11 is 0. The van der Waals surface area contributed by atoms with Gasteiger partial charge in [-0.3, -0.25) is 4.79 Å². The second-order valence-electron chi connectivity index (χ2n) is 9.21. The Hall–Kier alpha value is -3.20. The standard InChI is InChI=1S/C25H34N6O3/c1-5-26-25(33)28-19-8-6-17(7-9-19)23-29-20-12-18(22(32)15(2)3)13-27-21(20)24(30-23)31-10-11-34-14-16(31)4/h6-9,15-16,18,27H,5,10-14H2,1-4H3,(H2,26,28,33). The smallest absolute Gasteiger partial charge is 0.319 e. The molecule has 1 aromatic carbocycles. The number of hydrogen-bond acceptors (Lipinski definition) is 7. The molecule has 2 aliphatic rings. The third kappa shape index (κ3) is 5.14. The number of urea groups is 1. The molecule has 9 nitrogen and oxygen atoms in total. The zero-order valence-electron chi connectivity index (χ0n) is 20.4. The van der Waals surface area contributed by atoms with Crippen LogP contribution < -0.4 is 20.9 Å². The maximum absolute atomic E-state index is 12.7. The Balaban J connectivity index is 1.69. The van der Waals surface area contributed by atoms with Crippen LogP contribution in [-0.2, 0) is 16.0 Å². The van der Waals surface area contributed by atoms with Gasteiger partial charge >= 0.3 is 6.03 Å². The van der Waals surface area contributed by atoms with E-state index < -0.39 is 0 Å². The summed E-state index contributed by atoms with van der Waals surface area (Å²) in [4.78, 5) is 36.7. The summed E-state index contributed by atoms with van der Waals surface area (Å²) < 4.78 is 5.64. The Kier molecular flexibility index (Phi) is 7.31. The van der Waals surface area contributed by atoms with Gasteiger partial charge in [-0.15, -0.1) is 0 Å². The van der Waals surface area contributed by atoms with Crippen molar-refractivity contribution < 1.29 is 14.3 Å². The van der Waals surface area contributed by atoms with E-state index >= 15 is 0 Å². The summed E-state index contributed by atoms with van der Waals surface area (Å²) in [6.07, 6.45) is 0.595. The first-order chi connectivity index (χ1) is 16.4. The van der Waals surface area contributed by atoms with E-state index in [1.54, 1.807) is 0 Å². The minimum atomic E-state index is -0.240. The lowest BCUT2D eigenvalue weighted by atomic mass is 9.88. The zero-order valence-corrected chi connectivity index (χ0v) is 20.4. The number of carbonyl (C=O) groups is 2. The van der Waals surface area contributed by atoms with Crippen molar-refractivity contribution in [2.45, 2.75) is 40.2 Å². The SMILES string of the molecule is CCNC(=O)Nc1ccc(-c2nc3c(c(N4CCOCC4C)n2)NCC(C(=O)C(C)C)C3)cc1. The molecule has 3 N–H and O–H groups in total. The van der Waals surface area contributed by atoms with E-state index in [4.69, 9.17) is 14.7 Å². The minimum absolute atomic E-state index is 0.0154. The molecule has 2 aromatic rings. The van der Waals surface area contributed by atoms with Crippen LogP contribution in [0.5, 0.6) is 0 Å². The van der Waals surface area contributed by atoms with Crippen molar-refractivity contribution in [1.29, 1.82) is 0 Å². The Bertz CT molecular complexity index is 1040. The third-order valence-corrected chi connectivity index (χ3v) is 6.28. The Labute approximate surface area is 200 Å². The molecule has 3 heterocycles. The highest BCUT2D eigenvalue weighted by atomic mass is 16.5. The number of hydrogen-bond donors (Lipinski definition) is 3. The quantitative estimate of drug-likeness (QED) is 0.599. The summed E-state index contributed by atoms with van der Waals surface area (Å²) in [7, 11) is 0. The van der Waals surface area contributed by atoms with Crippen LogP contribution >= 0.6 is 0 Å². The van der Waals surface area contributed by atoms with Crippen LogP contribution in [0.1, 0.15) is 33.4 Å². The molecule has 34 heavy (non-hydrogen) atoms. The van der Waals surface area contributed by atoms with Crippen LogP contribution in [-0.4, -0.2) is 60.7 Å². The van der Waals surface area contributed by atoms with Crippen molar-refractivity contribution in [2.75, 3.05) is 48.4 Å². The van der Waals surface area contributed by atoms with E-state index in [-0.39, 0.29) is 29.7 Å². The number of Topliss-reactive ketones (excluding diaryl/α,β-unsaturated/α-hetero) is 1. The van der Waals surface area contributed by atoms with Crippen LogP contribution in [0.4, 0.5) is 22.0 Å². The fourth-order valence-electron chi connectivity index (χ4n) is 4.44. The number of amides is 2. The van der Waals surface area contributed by atoms with Crippen LogP contribution in [0.15, 0.2) is 24.3 Å². The first-order valence-corrected chi connectivity index (χ1v) is 12.1. The molecule has 0 saturated carbocycles. The van der Waals surface area contributed by atoms with Gasteiger partial charge in [-0.1, -0.05) is 13.8 Å². The maximum atomic E-state index is 12.7. The van der Waals surface area contributed by atoms with E-state index in [0.29, 0.717) is 44.2 Å². The number of fused-ring (bicyclic) bond motifs is 1. The average molecular weight is 467 g/mol. The predicted octanol–water partition coefficient (Wildman–Crippen LogP) is 3.32. The number of ether oxygens (including phenoxy) is 1. The molecule has 182 valence electrons. The Morgan fingerprint density at radius 1 is 1.24 bits per heavy atom. The first-order valence-electron chi connectivity index (χ1n) is 12.1. The summed E-state index contributed by atoms with van der Waals surface area (Å²) in [5.41, 5.74) is 3.33. The topological polar surface area (TPSA) is 108 Å². The number of benzene rings is 1. The normalized spacial score (nSPS) is 19.9. The van der Waals surface area contributed by atoms with Crippen LogP contribution in [0.3, 0.4) is 0 Å². The lowest BCUT2D eigenvalue weighted by molar-refractivity contribution is -0.125. The second kappa shape index (κ2) is 10.4. The van der Waals surface area contributed by atoms with Gasteiger partial charge in [0.05, 0.1) is 30.6 Å². The number of nitrogens with zero attached hydrogens (tertiary/aromatic N) is 3. The largest absolute Gasteiger partial charge is 0.380 e. The van der Waals surface area contributed by atoms with Crippen LogP contribution in [0.25, 0.3) is 11.4 Å². The van der Waals surface area contributed by atoms with Crippen molar-refractivity contribution in [3.63, 3.8) is 0 Å². The highest BCUT2D eigenvalue weighted by Crippen LogP contribution is 2.36. The fourth-order valence-corrected chi connectivity index (χ4v) is 4.44. The number of anilines is 3. The molecule has 1 aromatic heterocycles. The molecule has 0 aliphatic carbocycles. The minimum Gasteiger partial charge on any atom is -0.380 e. The average Bonchev–Trinajstić information content (AvgIpc) is 2.83. The van der Waals surface area contributed by atoms with E-state index in [1.807, 2.05) is 45.0 Å². The first kappa shape index (κ1) is 23.9. The van der Waals surface area contributed by atoms with Gasteiger partial charge in [0.25, 0.3) is 0 Å². The summed E-state index contributed by atoms with van der Waals surface area (Å²) in [6.45, 7) is 11.1. The van der Waals surface area contributed by atoms with Gasteiger partial charge in [0, 0.05) is 49.1 Å². The number of ketones is 1. The van der Waals surface area contributed by atoms with E-state index in [9.17, 15) is 9.59 Å². The molecular formula is C25H34N6O3. The molecule has 1 saturated heterocycles.